The number of ether oxygens (including phenoxy) is 1. The van der Waals surface area contributed by atoms with Crippen molar-refractivity contribution in [1.29, 1.82) is 0 Å². The van der Waals surface area contributed by atoms with Crippen LogP contribution in [0.15, 0.2) is 66.2 Å². The Labute approximate surface area is 310 Å². The van der Waals surface area contributed by atoms with Gasteiger partial charge in [-0.1, -0.05) is 59.1 Å². The van der Waals surface area contributed by atoms with E-state index in [1.165, 1.54) is 18.1 Å². The third-order valence-corrected chi connectivity index (χ3v) is 11.8. The zero-order valence-corrected chi connectivity index (χ0v) is 30.2. The Morgan fingerprint density at radius 2 is 1.65 bits per heavy atom. The number of fused-ring (bicyclic) bond motifs is 4. The third-order valence-electron chi connectivity index (χ3n) is 11.3. The van der Waals surface area contributed by atoms with Crippen LogP contribution in [0.5, 0.6) is 11.5 Å². The number of hydrogen-bond donors (Lipinski definition) is 3. The number of hydrazine groups is 1. The number of methoxy groups -OCH3 is 1. The van der Waals surface area contributed by atoms with Gasteiger partial charge < -0.3 is 14.9 Å². The maximum Gasteiger partial charge on any atom is 0.303 e. The van der Waals surface area contributed by atoms with Crippen LogP contribution >= 0.6 is 23.2 Å². The minimum Gasteiger partial charge on any atom is -0.507 e. The minimum atomic E-state index is -1.53. The number of benzene rings is 3. The maximum absolute atomic E-state index is 15.4. The summed E-state index contributed by atoms with van der Waals surface area (Å²) in [5.74, 6) is -6.05. The topological polar surface area (TPSA) is 154 Å². The number of halogens is 2. The number of aromatic hydroxyl groups is 1. The van der Waals surface area contributed by atoms with Crippen molar-refractivity contribution in [3.05, 3.63) is 98.5 Å². The molecule has 11 nitrogen and oxygen atoms in total. The Morgan fingerprint density at radius 1 is 0.962 bits per heavy atom. The van der Waals surface area contributed by atoms with E-state index in [0.717, 1.165) is 10.6 Å². The van der Waals surface area contributed by atoms with E-state index in [-0.39, 0.29) is 54.6 Å². The number of phenols is 1. The summed E-state index contributed by atoms with van der Waals surface area (Å²) in [7, 11) is 1.53. The number of hydrogen-bond acceptors (Lipinski definition) is 8. The van der Waals surface area contributed by atoms with E-state index in [0.29, 0.717) is 33.0 Å². The van der Waals surface area contributed by atoms with E-state index in [4.69, 9.17) is 27.9 Å². The second-order valence-electron chi connectivity index (χ2n) is 14.0. The summed E-state index contributed by atoms with van der Waals surface area (Å²) in [5.41, 5.74) is 4.87. The number of rotatable bonds is 9. The van der Waals surface area contributed by atoms with Gasteiger partial charge in [-0.05, 0) is 91.6 Å². The van der Waals surface area contributed by atoms with E-state index < -0.39 is 58.7 Å². The van der Waals surface area contributed by atoms with Gasteiger partial charge in [-0.25, -0.2) is 0 Å². The number of imide groups is 2. The Morgan fingerprint density at radius 3 is 2.29 bits per heavy atom. The summed E-state index contributed by atoms with van der Waals surface area (Å²) in [6.45, 7) is 3.51. The van der Waals surface area contributed by atoms with Crippen LogP contribution in [0.2, 0.25) is 10.0 Å². The largest absolute Gasteiger partial charge is 0.507 e. The highest BCUT2D eigenvalue weighted by Gasteiger charge is 2.70. The average Bonchev–Trinajstić information content (AvgIpc) is 3.48. The Balaban J connectivity index is 1.43. The van der Waals surface area contributed by atoms with E-state index in [1.807, 2.05) is 18.2 Å². The molecule has 4 amide bonds. The number of carboxylic acids is 1. The van der Waals surface area contributed by atoms with Crippen LogP contribution in [0.25, 0.3) is 0 Å². The maximum atomic E-state index is 15.4. The first kappa shape index (κ1) is 35.5. The average molecular weight is 747 g/mol. The molecule has 270 valence electrons. The lowest BCUT2D eigenvalue weighted by atomic mass is 9.49. The second kappa shape index (κ2) is 13.3. The van der Waals surface area contributed by atoms with Crippen LogP contribution in [0.3, 0.4) is 0 Å². The molecular weight excluding hydrogens is 709 g/mol. The van der Waals surface area contributed by atoms with Crippen LogP contribution in [-0.2, 0) is 29.4 Å². The first-order valence-corrected chi connectivity index (χ1v) is 17.9. The van der Waals surface area contributed by atoms with Crippen molar-refractivity contribution in [2.75, 3.05) is 19.1 Å². The number of anilines is 1. The van der Waals surface area contributed by atoms with E-state index in [1.54, 1.807) is 50.2 Å². The summed E-state index contributed by atoms with van der Waals surface area (Å²) in [6.07, 6.45) is 2.20. The molecule has 3 N–H and O–H groups in total. The van der Waals surface area contributed by atoms with Crippen LogP contribution in [0, 0.1) is 37.5 Å². The van der Waals surface area contributed by atoms with Crippen molar-refractivity contribution in [3.63, 3.8) is 0 Å². The monoisotopic (exact) mass is 745 g/mol. The van der Waals surface area contributed by atoms with Crippen molar-refractivity contribution in [2.45, 2.75) is 50.9 Å². The van der Waals surface area contributed by atoms with Gasteiger partial charge >= 0.3 is 5.97 Å². The highest BCUT2D eigenvalue weighted by Crippen LogP contribution is 2.64. The summed E-state index contributed by atoms with van der Waals surface area (Å²) >= 11 is 12.7. The smallest absolute Gasteiger partial charge is 0.303 e. The molecule has 1 saturated carbocycles. The molecule has 3 fully saturated rings. The molecule has 4 aliphatic rings. The zero-order chi connectivity index (χ0) is 37.2. The van der Waals surface area contributed by atoms with Gasteiger partial charge in [-0.3, -0.25) is 34.3 Å². The predicted octanol–water partition coefficient (Wildman–Crippen LogP) is 6.17. The van der Waals surface area contributed by atoms with Crippen molar-refractivity contribution in [2.24, 2.45) is 23.7 Å². The molecule has 7 rings (SSSR count). The third kappa shape index (κ3) is 5.44. The predicted molar refractivity (Wildman–Crippen MR) is 192 cm³/mol. The van der Waals surface area contributed by atoms with E-state index >= 15 is 4.79 Å². The van der Waals surface area contributed by atoms with Gasteiger partial charge in [0.15, 0.2) is 0 Å². The number of carboxylic acid groups (broad SMARTS) is 1. The standard InChI is InChI=1S/C39H37Cl2N3O8/c1-19-15-21(16-20(2)34(19)47)33-25-11-12-26-32(37(50)43(35(26)48)14-4-5-31(45)46)27(25)18-28-36(49)44(42-30-13-8-23(40)17-29(30)41)38(51)39(28,33)22-6-9-24(52-3)10-7-22/h6-11,13,15-17,26-28,32-33,42,47H,4-5,12,14,18H2,1-3H3,(H,45,46). The summed E-state index contributed by atoms with van der Waals surface area (Å²) in [6, 6.07) is 15.3. The Hall–Kier alpha value is -4.87. The zero-order valence-electron chi connectivity index (χ0n) is 28.7. The fourth-order valence-corrected chi connectivity index (χ4v) is 9.50. The van der Waals surface area contributed by atoms with Gasteiger partial charge in [-0.15, -0.1) is 0 Å². The van der Waals surface area contributed by atoms with Crippen LogP contribution in [0.4, 0.5) is 5.69 Å². The molecule has 6 atom stereocenters. The van der Waals surface area contributed by atoms with Gasteiger partial charge in [0.2, 0.25) is 11.8 Å². The summed E-state index contributed by atoms with van der Waals surface area (Å²) < 4.78 is 5.45. The fourth-order valence-electron chi connectivity index (χ4n) is 9.05. The van der Waals surface area contributed by atoms with Crippen molar-refractivity contribution >= 4 is 58.5 Å². The van der Waals surface area contributed by atoms with Crippen molar-refractivity contribution in [1.82, 2.24) is 9.91 Å². The molecule has 13 heteroatoms. The number of carbonyl (C=O) groups is 5. The quantitative estimate of drug-likeness (QED) is 0.172. The Kier molecular flexibility index (Phi) is 9.07. The molecule has 0 aromatic heterocycles. The molecule has 0 spiro atoms. The van der Waals surface area contributed by atoms with Crippen molar-refractivity contribution in [3.8, 4) is 11.5 Å². The highest BCUT2D eigenvalue weighted by atomic mass is 35.5. The number of aryl methyl sites for hydroxylation is 2. The van der Waals surface area contributed by atoms with Gasteiger partial charge in [-0.2, -0.15) is 5.01 Å². The highest BCUT2D eigenvalue weighted by molar-refractivity contribution is 6.36. The van der Waals surface area contributed by atoms with Crippen LogP contribution in [-0.4, -0.2) is 63.4 Å². The van der Waals surface area contributed by atoms with Crippen LogP contribution < -0.4 is 10.2 Å². The number of amides is 4. The lowest BCUT2D eigenvalue weighted by Crippen LogP contribution is -2.53. The first-order chi connectivity index (χ1) is 24.8. The number of aliphatic carboxylic acids is 1. The number of allylic oxidation sites excluding steroid dienone is 2. The molecule has 0 bridgehead atoms. The Bertz CT molecular complexity index is 2040. The number of nitrogens with zero attached hydrogens (tertiary/aromatic N) is 2. The lowest BCUT2D eigenvalue weighted by Gasteiger charge is -2.50. The second-order valence-corrected chi connectivity index (χ2v) is 14.9. The molecule has 6 unspecified atom stereocenters. The van der Waals surface area contributed by atoms with Crippen molar-refractivity contribution < 1.29 is 38.9 Å². The number of carbonyl (C=O) groups excluding carboxylic acids is 4. The normalized spacial score (nSPS) is 26.6. The van der Waals surface area contributed by atoms with Gasteiger partial charge in [0.1, 0.15) is 11.5 Å². The minimum absolute atomic E-state index is 0.0189. The fraction of sp³-hybridized carbons (Fsp3) is 0.359. The van der Waals surface area contributed by atoms with E-state index in [2.05, 4.69) is 5.43 Å². The van der Waals surface area contributed by atoms with E-state index in [9.17, 15) is 29.4 Å². The SMILES string of the molecule is COc1ccc(C23C(=O)N(Nc4ccc(Cl)cc4Cl)C(=O)C2CC2C(=CCC4C(=O)N(CCCC(=O)O)C(=O)C42)C3c2cc(C)c(O)c(C)c2)cc1. The van der Waals surface area contributed by atoms with Gasteiger partial charge in [0.25, 0.3) is 11.8 Å². The van der Waals surface area contributed by atoms with Gasteiger partial charge in [0.05, 0.1) is 41.0 Å². The molecule has 0 radical (unpaired) electrons. The first-order valence-electron chi connectivity index (χ1n) is 17.1. The number of phenolic OH excluding ortho intramolecular Hbond substituents is 1. The number of likely N-dealkylation sites (tertiary alicyclic amines) is 1. The molecule has 52 heavy (non-hydrogen) atoms. The van der Waals surface area contributed by atoms with Crippen LogP contribution in [0.1, 0.15) is 53.9 Å². The molecule has 2 aliphatic heterocycles. The number of nitrogens with one attached hydrogen (secondary N) is 1. The molecule has 2 saturated heterocycles. The molecule has 3 aromatic carbocycles. The lowest BCUT2D eigenvalue weighted by molar-refractivity contribution is -0.142. The summed E-state index contributed by atoms with van der Waals surface area (Å²) in [4.78, 5) is 70.5. The molecular formula is C39H37Cl2N3O8. The summed E-state index contributed by atoms with van der Waals surface area (Å²) in [5, 5.41) is 21.6. The molecule has 2 heterocycles. The molecule has 2 aliphatic carbocycles. The molecule has 3 aromatic rings. The van der Waals surface area contributed by atoms with Gasteiger partial charge in [0, 0.05) is 23.9 Å².